The Bertz CT molecular complexity index is 1160. The quantitative estimate of drug-likeness (QED) is 0.267. The first-order chi connectivity index (χ1) is 15.0. The fourth-order valence-electron chi connectivity index (χ4n) is 4.77. The van der Waals surface area contributed by atoms with E-state index in [1.807, 2.05) is 49.4 Å². The molecule has 0 fully saturated rings. The van der Waals surface area contributed by atoms with Gasteiger partial charge in [0.2, 0.25) is 0 Å². The number of rotatable bonds is 6. The third-order valence-electron chi connectivity index (χ3n) is 6.14. The van der Waals surface area contributed by atoms with Crippen LogP contribution in [-0.2, 0) is 0 Å². The Morgan fingerprint density at radius 1 is 0.871 bits per heavy atom. The van der Waals surface area contributed by atoms with Gasteiger partial charge in [0.1, 0.15) is 5.41 Å². The molecular weight excluding hydrogens is 380 g/mol. The normalized spacial score (nSPS) is 15.2. The van der Waals surface area contributed by atoms with Crippen LogP contribution in [0.4, 0.5) is 0 Å². The summed E-state index contributed by atoms with van der Waals surface area (Å²) in [4.78, 5) is 27.4. The second kappa shape index (κ2) is 8.20. The monoisotopic (exact) mass is 404 g/mol. The van der Waals surface area contributed by atoms with Gasteiger partial charge in [0.25, 0.3) is 0 Å². The van der Waals surface area contributed by atoms with Crippen molar-refractivity contribution in [2.24, 2.45) is 5.41 Å². The van der Waals surface area contributed by atoms with Crippen molar-refractivity contribution in [3.05, 3.63) is 108 Å². The molecule has 0 radical (unpaired) electrons. The van der Waals surface area contributed by atoms with Crippen molar-refractivity contribution < 1.29 is 9.59 Å². The number of Topliss-reactive ketones (excluding diaryl/α,β-unsaturated/α-hetero) is 2. The first-order valence-electron chi connectivity index (χ1n) is 10.4. The number of hydrogen-bond acceptors (Lipinski definition) is 2. The molecule has 0 spiro atoms. The zero-order valence-corrected chi connectivity index (χ0v) is 17.6. The Morgan fingerprint density at radius 2 is 1.39 bits per heavy atom. The fourth-order valence-corrected chi connectivity index (χ4v) is 4.77. The molecule has 3 aromatic rings. The van der Waals surface area contributed by atoms with E-state index < -0.39 is 11.3 Å². The molecule has 0 saturated heterocycles. The average molecular weight is 405 g/mol. The number of fused-ring (bicyclic) bond motifs is 1. The largest absolute Gasteiger partial charge is 0.293 e. The summed E-state index contributed by atoms with van der Waals surface area (Å²) in [6, 6.07) is 25.2. The number of ketones is 2. The lowest BCUT2D eigenvalue weighted by atomic mass is 9.64. The van der Waals surface area contributed by atoms with Crippen molar-refractivity contribution in [1.29, 1.82) is 0 Å². The van der Waals surface area contributed by atoms with E-state index in [0.717, 1.165) is 22.3 Å². The van der Waals surface area contributed by atoms with Gasteiger partial charge in [0.15, 0.2) is 11.6 Å². The highest BCUT2D eigenvalue weighted by Gasteiger charge is 2.57. The van der Waals surface area contributed by atoms with E-state index in [4.69, 9.17) is 6.42 Å². The SMILES string of the molecule is C#CCC(c1ccc(-c2ccccc2)cc1)C1(CC(=C)C)C(=O)c2ccccc2C1=O. The van der Waals surface area contributed by atoms with Gasteiger partial charge in [-0.05, 0) is 30.0 Å². The second-order valence-electron chi connectivity index (χ2n) is 8.26. The first-order valence-corrected chi connectivity index (χ1v) is 10.4. The maximum Gasteiger partial charge on any atom is 0.178 e. The molecule has 0 heterocycles. The van der Waals surface area contributed by atoms with E-state index in [1.54, 1.807) is 24.3 Å². The van der Waals surface area contributed by atoms with Crippen molar-refractivity contribution in [3.8, 4) is 23.5 Å². The summed E-state index contributed by atoms with van der Waals surface area (Å²) in [6.07, 6.45) is 6.32. The molecule has 0 aliphatic heterocycles. The minimum absolute atomic E-state index is 0.150. The van der Waals surface area contributed by atoms with Crippen LogP contribution in [0.5, 0.6) is 0 Å². The van der Waals surface area contributed by atoms with Crippen LogP contribution in [0.3, 0.4) is 0 Å². The lowest BCUT2D eigenvalue weighted by Crippen LogP contribution is -2.40. The van der Waals surface area contributed by atoms with Gasteiger partial charge in [-0.2, -0.15) is 0 Å². The zero-order chi connectivity index (χ0) is 22.0. The highest BCUT2D eigenvalue weighted by Crippen LogP contribution is 2.52. The molecule has 1 atom stereocenters. The van der Waals surface area contributed by atoms with Gasteiger partial charge < -0.3 is 0 Å². The average Bonchev–Trinajstić information content (AvgIpc) is 3.00. The smallest absolute Gasteiger partial charge is 0.178 e. The van der Waals surface area contributed by atoms with Gasteiger partial charge in [-0.15, -0.1) is 18.9 Å². The van der Waals surface area contributed by atoms with Crippen molar-refractivity contribution in [3.63, 3.8) is 0 Å². The van der Waals surface area contributed by atoms with Gasteiger partial charge in [0, 0.05) is 23.5 Å². The number of carbonyl (C=O) groups excluding carboxylic acids is 2. The van der Waals surface area contributed by atoms with Crippen molar-refractivity contribution >= 4 is 11.6 Å². The minimum atomic E-state index is -1.25. The van der Waals surface area contributed by atoms with Gasteiger partial charge >= 0.3 is 0 Å². The van der Waals surface area contributed by atoms with Crippen molar-refractivity contribution in [2.45, 2.75) is 25.7 Å². The van der Waals surface area contributed by atoms with E-state index in [2.05, 4.69) is 24.6 Å². The van der Waals surface area contributed by atoms with E-state index >= 15 is 0 Å². The summed E-state index contributed by atoms with van der Waals surface area (Å²) < 4.78 is 0. The van der Waals surface area contributed by atoms with E-state index in [0.29, 0.717) is 17.5 Å². The van der Waals surface area contributed by atoms with Gasteiger partial charge in [0.05, 0.1) is 0 Å². The number of benzene rings is 3. The van der Waals surface area contributed by atoms with Crippen LogP contribution in [0.25, 0.3) is 11.1 Å². The number of terminal acetylenes is 1. The second-order valence-corrected chi connectivity index (χ2v) is 8.26. The lowest BCUT2D eigenvalue weighted by molar-refractivity contribution is 0.0649. The topological polar surface area (TPSA) is 34.1 Å². The van der Waals surface area contributed by atoms with Crippen LogP contribution >= 0.6 is 0 Å². The molecule has 1 aliphatic carbocycles. The molecular formula is C29H24O2. The van der Waals surface area contributed by atoms with Crippen LogP contribution in [0.15, 0.2) is 91.0 Å². The van der Waals surface area contributed by atoms with E-state index in [9.17, 15) is 9.59 Å². The third-order valence-corrected chi connectivity index (χ3v) is 6.14. The third kappa shape index (κ3) is 3.43. The summed E-state index contributed by atoms with van der Waals surface area (Å²) in [5, 5.41) is 0. The van der Waals surface area contributed by atoms with Crippen LogP contribution in [0.1, 0.15) is 52.0 Å². The summed E-state index contributed by atoms with van der Waals surface area (Å²) in [5.74, 6) is 2.00. The molecule has 2 nitrogen and oxygen atoms in total. The summed E-state index contributed by atoms with van der Waals surface area (Å²) >= 11 is 0. The Balaban J connectivity index is 1.83. The van der Waals surface area contributed by atoms with Gasteiger partial charge in [-0.25, -0.2) is 0 Å². The molecule has 31 heavy (non-hydrogen) atoms. The van der Waals surface area contributed by atoms with E-state index in [-0.39, 0.29) is 18.0 Å². The number of allylic oxidation sites excluding steroid dienone is 1. The highest BCUT2D eigenvalue weighted by atomic mass is 16.2. The molecule has 0 bridgehead atoms. The van der Waals surface area contributed by atoms with Crippen LogP contribution in [0, 0.1) is 17.8 Å². The first kappa shape index (κ1) is 20.6. The maximum atomic E-state index is 13.7. The lowest BCUT2D eigenvalue weighted by Gasteiger charge is -2.34. The minimum Gasteiger partial charge on any atom is -0.293 e. The van der Waals surface area contributed by atoms with Gasteiger partial charge in [-0.1, -0.05) is 84.4 Å². The Hall–Kier alpha value is -3.70. The molecule has 1 unspecified atom stereocenters. The molecule has 2 heteroatoms. The van der Waals surface area contributed by atoms with Crippen LogP contribution < -0.4 is 0 Å². The maximum absolute atomic E-state index is 13.7. The predicted octanol–water partition coefficient (Wildman–Crippen LogP) is 6.49. The highest BCUT2D eigenvalue weighted by molar-refractivity contribution is 6.30. The van der Waals surface area contributed by atoms with Crippen molar-refractivity contribution in [2.75, 3.05) is 0 Å². The fraction of sp³-hybridized carbons (Fsp3) is 0.172. The van der Waals surface area contributed by atoms with Crippen LogP contribution in [-0.4, -0.2) is 11.6 Å². The molecule has 1 aliphatic rings. The molecule has 152 valence electrons. The van der Waals surface area contributed by atoms with Crippen molar-refractivity contribution in [1.82, 2.24) is 0 Å². The molecule has 0 amide bonds. The summed E-state index contributed by atoms with van der Waals surface area (Å²) in [7, 11) is 0. The Labute approximate surface area is 183 Å². The zero-order valence-electron chi connectivity index (χ0n) is 17.6. The van der Waals surface area contributed by atoms with Crippen LogP contribution in [0.2, 0.25) is 0 Å². The molecule has 3 aromatic carbocycles. The Morgan fingerprint density at radius 3 is 1.90 bits per heavy atom. The summed E-state index contributed by atoms with van der Waals surface area (Å²) in [6.45, 7) is 5.89. The molecule has 0 saturated carbocycles. The van der Waals surface area contributed by atoms with E-state index in [1.165, 1.54) is 0 Å². The predicted molar refractivity (Wildman–Crippen MR) is 125 cm³/mol. The number of carbonyl (C=O) groups is 2. The number of hydrogen-bond donors (Lipinski definition) is 0. The standard InChI is InChI=1S/C29H24O2/c1-4-10-26(23-17-15-22(16-18-23)21-11-6-5-7-12-21)29(19-20(2)3)27(30)24-13-8-9-14-25(24)28(29)31/h1,5-9,11-18,26H,2,10,19H2,3H3. The van der Waals surface area contributed by atoms with Gasteiger partial charge in [-0.3, -0.25) is 9.59 Å². The summed E-state index contributed by atoms with van der Waals surface area (Å²) in [5.41, 5.74) is 3.58. The Kier molecular flexibility index (Phi) is 5.44. The molecule has 0 aromatic heterocycles. The molecule has 0 N–H and O–H groups in total. The molecule has 4 rings (SSSR count).